The second-order valence-corrected chi connectivity index (χ2v) is 8.29. The highest BCUT2D eigenvalue weighted by Gasteiger charge is 2.17. The number of aromatic nitrogens is 1. The number of nitrogens with one attached hydrogen (secondary N) is 2. The third-order valence-corrected chi connectivity index (χ3v) is 5.89. The maximum absolute atomic E-state index is 12.5. The van der Waals surface area contributed by atoms with Gasteiger partial charge in [-0.3, -0.25) is 4.79 Å². The van der Waals surface area contributed by atoms with Crippen molar-refractivity contribution >= 4 is 33.7 Å². The number of hydrogen-bond acceptors (Lipinski definition) is 6. The van der Waals surface area contributed by atoms with Crippen LogP contribution < -0.4 is 20.8 Å². The molecule has 0 saturated heterocycles. The first-order valence-electron chi connectivity index (χ1n) is 11.3. The summed E-state index contributed by atoms with van der Waals surface area (Å²) in [5.74, 6) is -1.72. The molecule has 0 aliphatic carbocycles. The molecule has 36 heavy (non-hydrogen) atoms. The summed E-state index contributed by atoms with van der Waals surface area (Å²) in [6, 6.07) is 22.1. The number of rotatable bonds is 8. The number of ether oxygens (including phenoxy) is 1. The Bertz CT molecular complexity index is 1620. The van der Waals surface area contributed by atoms with E-state index in [-0.39, 0.29) is 6.42 Å². The van der Waals surface area contributed by atoms with Crippen molar-refractivity contribution in [2.24, 2.45) is 0 Å². The number of para-hydroxylation sites is 1. The maximum atomic E-state index is 12.5. The van der Waals surface area contributed by atoms with Gasteiger partial charge in [-0.2, -0.15) is 0 Å². The molecule has 2 aromatic heterocycles. The minimum atomic E-state index is -1.39. The van der Waals surface area contributed by atoms with E-state index in [2.05, 4.69) is 10.3 Å². The van der Waals surface area contributed by atoms with Crippen molar-refractivity contribution in [3.05, 3.63) is 101 Å². The molecule has 180 valence electrons. The molecule has 0 fully saturated rings. The fraction of sp³-hybridized carbons (Fsp3) is 0.107. The first kappa shape index (κ1) is 22.9. The number of carbonyl (C=O) groups is 2. The van der Waals surface area contributed by atoms with Gasteiger partial charge < -0.3 is 29.4 Å². The summed E-state index contributed by atoms with van der Waals surface area (Å²) in [7, 11) is 0. The first-order valence-corrected chi connectivity index (χ1v) is 11.3. The molecule has 3 aromatic carbocycles. The summed E-state index contributed by atoms with van der Waals surface area (Å²) in [6.45, 7) is -0.425. The van der Waals surface area contributed by atoms with Crippen LogP contribution in [0.4, 0.5) is 0 Å². The van der Waals surface area contributed by atoms with Crippen LogP contribution in [0.25, 0.3) is 33.0 Å². The summed E-state index contributed by atoms with van der Waals surface area (Å²) in [5.41, 5.74) is 3.01. The molecular formula is C28H21N2O6-. The molecule has 8 heteroatoms. The average molecular weight is 481 g/mol. The fourth-order valence-electron chi connectivity index (χ4n) is 4.19. The Morgan fingerprint density at radius 3 is 2.56 bits per heavy atom. The summed E-state index contributed by atoms with van der Waals surface area (Å²) in [4.78, 5) is 39.4. The van der Waals surface area contributed by atoms with Crippen molar-refractivity contribution < 1.29 is 23.8 Å². The smallest absolute Gasteiger partial charge is 0.336 e. The molecule has 0 aliphatic heterocycles. The van der Waals surface area contributed by atoms with Gasteiger partial charge in [0.05, 0.1) is 12.0 Å². The van der Waals surface area contributed by atoms with Crippen LogP contribution in [0.2, 0.25) is 0 Å². The van der Waals surface area contributed by atoms with Gasteiger partial charge >= 0.3 is 5.63 Å². The van der Waals surface area contributed by atoms with E-state index in [0.717, 1.165) is 27.6 Å². The van der Waals surface area contributed by atoms with Crippen molar-refractivity contribution in [2.75, 3.05) is 6.61 Å². The molecule has 1 amide bonds. The molecule has 2 heterocycles. The second kappa shape index (κ2) is 9.79. The Hall–Kier alpha value is -4.85. The van der Waals surface area contributed by atoms with E-state index >= 15 is 0 Å². The van der Waals surface area contributed by atoms with Crippen LogP contribution >= 0.6 is 0 Å². The molecule has 0 spiro atoms. The zero-order valence-electron chi connectivity index (χ0n) is 19.0. The number of amides is 1. The number of carboxylic acid groups (broad SMARTS) is 1. The number of hydrogen-bond donors (Lipinski definition) is 2. The Balaban J connectivity index is 1.28. The highest BCUT2D eigenvalue weighted by atomic mass is 16.5. The number of carbonyl (C=O) groups excluding carboxylic acids is 2. The second-order valence-electron chi connectivity index (χ2n) is 8.29. The monoisotopic (exact) mass is 481 g/mol. The number of aliphatic carboxylic acids is 1. The van der Waals surface area contributed by atoms with Crippen LogP contribution in [0.3, 0.4) is 0 Å². The summed E-state index contributed by atoms with van der Waals surface area (Å²) in [6.07, 6.45) is 1.78. The molecule has 2 N–H and O–H groups in total. The molecule has 1 atom stereocenters. The van der Waals surface area contributed by atoms with E-state index in [1.807, 2.05) is 54.6 Å². The number of aromatic amines is 1. The van der Waals surface area contributed by atoms with Gasteiger partial charge in [-0.1, -0.05) is 48.5 Å². The molecule has 0 bridgehead atoms. The Morgan fingerprint density at radius 2 is 1.75 bits per heavy atom. The summed E-state index contributed by atoms with van der Waals surface area (Å²) in [5, 5.41) is 15.7. The normalized spacial score (nSPS) is 11.9. The highest BCUT2D eigenvalue weighted by Crippen LogP contribution is 2.29. The van der Waals surface area contributed by atoms with Gasteiger partial charge in [-0.15, -0.1) is 0 Å². The van der Waals surface area contributed by atoms with Gasteiger partial charge in [0.15, 0.2) is 6.61 Å². The lowest BCUT2D eigenvalue weighted by molar-refractivity contribution is -0.308. The molecule has 8 nitrogen and oxygen atoms in total. The Kier molecular flexibility index (Phi) is 6.23. The minimum absolute atomic E-state index is 0.0570. The van der Waals surface area contributed by atoms with Gasteiger partial charge in [0.1, 0.15) is 11.3 Å². The van der Waals surface area contributed by atoms with Gasteiger partial charge in [-0.05, 0) is 34.9 Å². The maximum Gasteiger partial charge on any atom is 0.336 e. The predicted octanol–water partition coefficient (Wildman–Crippen LogP) is 2.80. The minimum Gasteiger partial charge on any atom is -0.548 e. The van der Waals surface area contributed by atoms with Crippen LogP contribution in [0, 0.1) is 0 Å². The third kappa shape index (κ3) is 4.83. The zero-order valence-corrected chi connectivity index (χ0v) is 19.0. The van der Waals surface area contributed by atoms with Crippen LogP contribution in [0.1, 0.15) is 5.56 Å². The quantitative estimate of drug-likeness (QED) is 0.329. The van der Waals surface area contributed by atoms with Crippen molar-refractivity contribution in [1.82, 2.24) is 10.3 Å². The first-order chi connectivity index (χ1) is 17.5. The molecule has 0 saturated carbocycles. The van der Waals surface area contributed by atoms with Gasteiger partial charge in [0.25, 0.3) is 5.91 Å². The lowest BCUT2D eigenvalue weighted by atomic mass is 10.0. The van der Waals surface area contributed by atoms with E-state index in [1.54, 1.807) is 18.3 Å². The van der Waals surface area contributed by atoms with Crippen LogP contribution in [0.15, 0.2) is 94.3 Å². The molecule has 0 unspecified atom stereocenters. The summed E-state index contributed by atoms with van der Waals surface area (Å²) >= 11 is 0. The molecular weight excluding hydrogens is 460 g/mol. The molecule has 5 rings (SSSR count). The molecule has 0 radical (unpaired) electrons. The highest BCUT2D eigenvalue weighted by molar-refractivity contribution is 5.94. The van der Waals surface area contributed by atoms with E-state index in [9.17, 15) is 19.5 Å². The number of fused-ring (bicyclic) bond motifs is 2. The lowest BCUT2D eigenvalue weighted by Gasteiger charge is -2.19. The van der Waals surface area contributed by atoms with Crippen LogP contribution in [0.5, 0.6) is 5.75 Å². The Labute approximate surface area is 205 Å². The molecule has 0 aliphatic rings. The average Bonchev–Trinajstić information content (AvgIpc) is 3.29. The van der Waals surface area contributed by atoms with E-state index in [0.29, 0.717) is 16.7 Å². The topological polar surface area (TPSA) is 124 Å². The van der Waals surface area contributed by atoms with E-state index < -0.39 is 30.2 Å². The van der Waals surface area contributed by atoms with Crippen LogP contribution in [-0.2, 0) is 16.0 Å². The van der Waals surface area contributed by atoms with E-state index in [4.69, 9.17) is 9.15 Å². The van der Waals surface area contributed by atoms with Gasteiger partial charge in [0, 0.05) is 41.0 Å². The van der Waals surface area contributed by atoms with Gasteiger partial charge in [-0.25, -0.2) is 4.79 Å². The zero-order chi connectivity index (χ0) is 25.1. The summed E-state index contributed by atoms with van der Waals surface area (Å²) < 4.78 is 10.9. The predicted molar refractivity (Wildman–Crippen MR) is 132 cm³/mol. The van der Waals surface area contributed by atoms with Crippen molar-refractivity contribution in [1.29, 1.82) is 0 Å². The van der Waals surface area contributed by atoms with Crippen molar-refractivity contribution in [2.45, 2.75) is 12.5 Å². The lowest BCUT2D eigenvalue weighted by Crippen LogP contribution is -2.50. The van der Waals surface area contributed by atoms with Gasteiger partial charge in [0.2, 0.25) is 0 Å². The SMILES string of the molecule is O=C(COc1ccc2c(-c3ccccc3)cc(=O)oc2c1)N[C@@H](Cc1c[nH]c2ccccc12)C(=O)[O-]. The van der Waals surface area contributed by atoms with Crippen LogP contribution in [-0.4, -0.2) is 29.5 Å². The Morgan fingerprint density at radius 1 is 0.972 bits per heavy atom. The van der Waals surface area contributed by atoms with E-state index in [1.165, 1.54) is 12.1 Å². The number of carboxylic acids is 1. The molecule has 5 aromatic rings. The number of H-pyrrole nitrogens is 1. The van der Waals surface area contributed by atoms with Crippen molar-refractivity contribution in [3.8, 4) is 16.9 Å². The number of benzene rings is 3. The fourth-order valence-corrected chi connectivity index (χ4v) is 4.19. The third-order valence-electron chi connectivity index (χ3n) is 5.89. The standard InChI is InChI=1S/C28H22N2O6/c31-26(30-24(28(33)34)12-18-15-29-23-9-5-4-8-20(18)23)16-35-19-10-11-21-22(17-6-2-1-3-7-17)14-27(32)36-25(21)13-19/h1-11,13-15,24,29H,12,16H2,(H,30,31)(H,33,34)/p-1/t24-/m0/s1. The van der Waals surface area contributed by atoms with Crippen molar-refractivity contribution in [3.63, 3.8) is 0 Å². The largest absolute Gasteiger partial charge is 0.548 e.